The van der Waals surface area contributed by atoms with Crippen LogP contribution in [-0.4, -0.2) is 27.4 Å². The van der Waals surface area contributed by atoms with E-state index < -0.39 is 0 Å². The van der Waals surface area contributed by atoms with Crippen molar-refractivity contribution in [3.63, 3.8) is 0 Å². The van der Waals surface area contributed by atoms with Crippen LogP contribution in [0.25, 0.3) is 0 Å². The molecule has 7 heteroatoms. The minimum absolute atomic E-state index is 0.217. The molecule has 1 amide bonds. The average Bonchev–Trinajstić information content (AvgIpc) is 2.95. The van der Waals surface area contributed by atoms with Gasteiger partial charge in [0.1, 0.15) is 16.8 Å². The Morgan fingerprint density at radius 3 is 3.00 bits per heavy atom. The Labute approximate surface area is 122 Å². The van der Waals surface area contributed by atoms with E-state index in [0.29, 0.717) is 23.8 Å². The number of aromatic amines is 1. The van der Waals surface area contributed by atoms with Crippen LogP contribution in [0, 0.1) is 0 Å². The van der Waals surface area contributed by atoms with Crippen molar-refractivity contribution in [2.45, 2.75) is 19.9 Å². The van der Waals surface area contributed by atoms with E-state index in [2.05, 4.69) is 32.5 Å². The van der Waals surface area contributed by atoms with Crippen molar-refractivity contribution in [3.05, 3.63) is 41.1 Å². The van der Waals surface area contributed by atoms with Gasteiger partial charge in [-0.2, -0.15) is 0 Å². The first kappa shape index (κ1) is 14.3. The van der Waals surface area contributed by atoms with Gasteiger partial charge in [-0.05, 0) is 18.6 Å². The number of hydrogen-bond donors (Lipinski definition) is 3. The van der Waals surface area contributed by atoms with Crippen LogP contribution in [0.5, 0.6) is 0 Å². The zero-order valence-corrected chi connectivity index (χ0v) is 11.9. The van der Waals surface area contributed by atoms with E-state index in [1.165, 1.54) is 6.07 Å². The van der Waals surface area contributed by atoms with Gasteiger partial charge in [-0.1, -0.05) is 18.5 Å². The highest BCUT2D eigenvalue weighted by Gasteiger charge is 2.09. The Kier molecular flexibility index (Phi) is 4.95. The van der Waals surface area contributed by atoms with E-state index >= 15 is 0 Å². The predicted octanol–water partition coefficient (Wildman–Crippen LogP) is 2.21. The molecule has 0 aromatic carbocycles. The van der Waals surface area contributed by atoms with Crippen LogP contribution in [0.15, 0.2) is 24.5 Å². The molecule has 2 aromatic rings. The molecular weight excluding hydrogens is 278 g/mol. The van der Waals surface area contributed by atoms with Gasteiger partial charge >= 0.3 is 0 Å². The van der Waals surface area contributed by atoms with Crippen LogP contribution in [0.1, 0.15) is 29.5 Å². The summed E-state index contributed by atoms with van der Waals surface area (Å²) in [5, 5.41) is 6.16. The molecule has 2 aromatic heterocycles. The SMILES string of the molecule is CCCNc1cc(C(=O)NCc2ncc[nH]2)cc(Cl)n1. The topological polar surface area (TPSA) is 82.7 Å². The van der Waals surface area contributed by atoms with Gasteiger partial charge in [0.15, 0.2) is 0 Å². The number of rotatable bonds is 6. The van der Waals surface area contributed by atoms with Crippen molar-refractivity contribution in [1.82, 2.24) is 20.3 Å². The van der Waals surface area contributed by atoms with Crippen molar-refractivity contribution in [2.75, 3.05) is 11.9 Å². The molecule has 20 heavy (non-hydrogen) atoms. The number of nitrogens with zero attached hydrogens (tertiary/aromatic N) is 2. The lowest BCUT2D eigenvalue weighted by molar-refractivity contribution is 0.0950. The Hall–Kier alpha value is -2.08. The zero-order valence-electron chi connectivity index (χ0n) is 11.1. The summed E-state index contributed by atoms with van der Waals surface area (Å²) in [5.74, 6) is 1.08. The standard InChI is InChI=1S/C13H16ClN5O/c1-2-3-15-11-7-9(6-10(14)19-11)13(20)18-8-12-16-4-5-17-12/h4-7H,2-3,8H2,1H3,(H,15,19)(H,16,17)(H,18,20). The molecule has 0 saturated carbocycles. The van der Waals surface area contributed by atoms with E-state index in [1.54, 1.807) is 18.5 Å². The number of halogens is 1. The van der Waals surface area contributed by atoms with Crippen LogP contribution >= 0.6 is 11.6 Å². The summed E-state index contributed by atoms with van der Waals surface area (Å²) in [4.78, 5) is 23.1. The number of carbonyl (C=O) groups is 1. The number of imidazole rings is 1. The highest BCUT2D eigenvalue weighted by Crippen LogP contribution is 2.14. The van der Waals surface area contributed by atoms with Crippen LogP contribution < -0.4 is 10.6 Å². The number of anilines is 1. The highest BCUT2D eigenvalue weighted by atomic mass is 35.5. The summed E-state index contributed by atoms with van der Waals surface area (Å²) >= 11 is 5.92. The van der Waals surface area contributed by atoms with Gasteiger partial charge in [0.05, 0.1) is 6.54 Å². The second kappa shape index (κ2) is 6.91. The second-order valence-corrected chi connectivity index (χ2v) is 4.60. The number of H-pyrrole nitrogens is 1. The van der Waals surface area contributed by atoms with Crippen LogP contribution in [0.3, 0.4) is 0 Å². The first-order valence-electron chi connectivity index (χ1n) is 6.37. The van der Waals surface area contributed by atoms with Crippen molar-refractivity contribution in [3.8, 4) is 0 Å². The van der Waals surface area contributed by atoms with Gasteiger partial charge in [0, 0.05) is 24.5 Å². The molecule has 0 aliphatic heterocycles. The third-order valence-electron chi connectivity index (χ3n) is 2.58. The maximum Gasteiger partial charge on any atom is 0.251 e. The number of amides is 1. The number of carbonyl (C=O) groups excluding carboxylic acids is 1. The molecule has 3 N–H and O–H groups in total. The van der Waals surface area contributed by atoms with Crippen molar-refractivity contribution >= 4 is 23.3 Å². The molecule has 0 atom stereocenters. The fourth-order valence-electron chi connectivity index (χ4n) is 1.63. The van der Waals surface area contributed by atoms with Crippen LogP contribution in [-0.2, 0) is 6.54 Å². The molecule has 106 valence electrons. The third-order valence-corrected chi connectivity index (χ3v) is 2.78. The Morgan fingerprint density at radius 2 is 2.30 bits per heavy atom. The lowest BCUT2D eigenvalue weighted by atomic mass is 10.2. The van der Waals surface area contributed by atoms with Crippen molar-refractivity contribution in [1.29, 1.82) is 0 Å². The van der Waals surface area contributed by atoms with Gasteiger partial charge in [0.25, 0.3) is 5.91 Å². The Balaban J connectivity index is 2.02. The predicted molar refractivity (Wildman–Crippen MR) is 77.8 cm³/mol. The maximum atomic E-state index is 12.1. The maximum absolute atomic E-state index is 12.1. The molecule has 0 fully saturated rings. The summed E-state index contributed by atoms with van der Waals surface area (Å²) in [6.07, 6.45) is 4.31. The smallest absolute Gasteiger partial charge is 0.251 e. The highest BCUT2D eigenvalue weighted by molar-refractivity contribution is 6.29. The molecule has 2 rings (SSSR count). The fourth-order valence-corrected chi connectivity index (χ4v) is 1.84. The number of nitrogens with one attached hydrogen (secondary N) is 3. The molecule has 0 unspecified atom stereocenters. The Morgan fingerprint density at radius 1 is 1.45 bits per heavy atom. The average molecular weight is 294 g/mol. The molecule has 2 heterocycles. The largest absolute Gasteiger partial charge is 0.370 e. The quantitative estimate of drug-likeness (QED) is 0.713. The van der Waals surface area contributed by atoms with E-state index in [-0.39, 0.29) is 11.1 Å². The molecular formula is C13H16ClN5O. The summed E-state index contributed by atoms with van der Waals surface area (Å²) in [6, 6.07) is 3.22. The van der Waals surface area contributed by atoms with Gasteiger partial charge in [-0.25, -0.2) is 9.97 Å². The molecule has 6 nitrogen and oxygen atoms in total. The molecule has 0 aliphatic carbocycles. The van der Waals surface area contributed by atoms with E-state index in [4.69, 9.17) is 11.6 Å². The zero-order chi connectivity index (χ0) is 14.4. The van der Waals surface area contributed by atoms with Crippen molar-refractivity contribution < 1.29 is 4.79 Å². The number of aromatic nitrogens is 3. The van der Waals surface area contributed by atoms with Gasteiger partial charge < -0.3 is 15.6 Å². The summed E-state index contributed by atoms with van der Waals surface area (Å²) in [7, 11) is 0. The number of hydrogen-bond acceptors (Lipinski definition) is 4. The third kappa shape index (κ3) is 3.96. The fraction of sp³-hybridized carbons (Fsp3) is 0.308. The van der Waals surface area contributed by atoms with E-state index in [1.807, 2.05) is 0 Å². The van der Waals surface area contributed by atoms with Crippen molar-refractivity contribution in [2.24, 2.45) is 0 Å². The summed E-state index contributed by atoms with van der Waals surface area (Å²) < 4.78 is 0. The first-order chi connectivity index (χ1) is 9.69. The normalized spacial score (nSPS) is 10.3. The monoisotopic (exact) mass is 293 g/mol. The lowest BCUT2D eigenvalue weighted by Gasteiger charge is -2.08. The number of pyridine rings is 1. The van der Waals surface area contributed by atoms with Crippen LogP contribution in [0.2, 0.25) is 5.15 Å². The minimum Gasteiger partial charge on any atom is -0.370 e. The summed E-state index contributed by atoms with van der Waals surface area (Å²) in [6.45, 7) is 3.17. The van der Waals surface area contributed by atoms with E-state index in [9.17, 15) is 4.79 Å². The van der Waals surface area contributed by atoms with E-state index in [0.717, 1.165) is 13.0 Å². The van der Waals surface area contributed by atoms with Crippen LogP contribution in [0.4, 0.5) is 5.82 Å². The Bertz CT molecular complexity index is 570. The lowest BCUT2D eigenvalue weighted by Crippen LogP contribution is -2.23. The minimum atomic E-state index is -0.217. The molecule has 0 aliphatic rings. The van der Waals surface area contributed by atoms with Gasteiger partial charge in [-0.3, -0.25) is 4.79 Å². The molecule has 0 spiro atoms. The summed E-state index contributed by atoms with van der Waals surface area (Å²) in [5.41, 5.74) is 0.468. The van der Waals surface area contributed by atoms with Gasteiger partial charge in [-0.15, -0.1) is 0 Å². The first-order valence-corrected chi connectivity index (χ1v) is 6.74. The molecule has 0 bridgehead atoms. The molecule has 0 saturated heterocycles. The van der Waals surface area contributed by atoms with Gasteiger partial charge in [0.2, 0.25) is 0 Å². The molecule has 0 radical (unpaired) electrons. The second-order valence-electron chi connectivity index (χ2n) is 4.21.